The average molecular weight is 223 g/mol. The first-order valence-corrected chi connectivity index (χ1v) is 4.48. The van der Waals surface area contributed by atoms with Gasteiger partial charge in [0.2, 0.25) is 0 Å². The number of anilines is 1. The van der Waals surface area contributed by atoms with E-state index in [2.05, 4.69) is 0 Å². The predicted molar refractivity (Wildman–Crippen MR) is 57.5 cm³/mol. The van der Waals surface area contributed by atoms with Gasteiger partial charge in [-0.25, -0.2) is 9.18 Å². The molecule has 0 aliphatic heterocycles. The number of aldehydes is 1. The van der Waals surface area contributed by atoms with Gasteiger partial charge in [0.1, 0.15) is 12.1 Å². The number of aromatic carboxylic acids is 1. The predicted octanol–water partition coefficient (Wildman–Crippen LogP) is 1.71. The summed E-state index contributed by atoms with van der Waals surface area (Å²) in [5.74, 6) is -1.97. The SMILES string of the molecule is Nc1c(C=CCC=O)cc(F)cc1C(=O)O. The number of allylic oxidation sites excluding steroid dienone is 1. The molecular formula is C11H10FNO3. The molecule has 0 aromatic heterocycles. The fraction of sp³-hybridized carbons (Fsp3) is 0.0909. The van der Waals surface area contributed by atoms with Gasteiger partial charge in [0.15, 0.2) is 0 Å². The summed E-state index contributed by atoms with van der Waals surface area (Å²) < 4.78 is 13.1. The van der Waals surface area contributed by atoms with E-state index in [9.17, 15) is 14.0 Å². The van der Waals surface area contributed by atoms with Crippen molar-refractivity contribution in [2.45, 2.75) is 6.42 Å². The molecule has 1 rings (SSSR count). The van der Waals surface area contributed by atoms with Crippen LogP contribution < -0.4 is 5.73 Å². The van der Waals surface area contributed by atoms with E-state index in [1.807, 2.05) is 0 Å². The molecule has 0 heterocycles. The molecule has 0 atom stereocenters. The van der Waals surface area contributed by atoms with Crippen molar-refractivity contribution in [1.29, 1.82) is 0 Å². The number of carbonyl (C=O) groups is 2. The normalized spacial score (nSPS) is 10.6. The van der Waals surface area contributed by atoms with Crippen molar-refractivity contribution >= 4 is 24.0 Å². The zero-order chi connectivity index (χ0) is 12.1. The summed E-state index contributed by atoms with van der Waals surface area (Å²) >= 11 is 0. The van der Waals surface area contributed by atoms with Gasteiger partial charge in [-0.15, -0.1) is 0 Å². The monoisotopic (exact) mass is 223 g/mol. The first-order chi connectivity index (χ1) is 7.56. The Morgan fingerprint density at radius 3 is 2.75 bits per heavy atom. The van der Waals surface area contributed by atoms with E-state index in [4.69, 9.17) is 10.8 Å². The van der Waals surface area contributed by atoms with Crippen LogP contribution in [0.25, 0.3) is 6.08 Å². The quantitative estimate of drug-likeness (QED) is 0.601. The standard InChI is InChI=1S/C11H10FNO3/c12-8-5-7(3-1-2-4-14)10(13)9(6-8)11(15)16/h1,3-6H,2,13H2,(H,15,16). The van der Waals surface area contributed by atoms with Crippen molar-refractivity contribution in [3.8, 4) is 0 Å². The smallest absolute Gasteiger partial charge is 0.337 e. The molecule has 1 aromatic carbocycles. The second kappa shape index (κ2) is 5.06. The van der Waals surface area contributed by atoms with Crippen LogP contribution >= 0.6 is 0 Å². The first-order valence-electron chi connectivity index (χ1n) is 4.48. The lowest BCUT2D eigenvalue weighted by molar-refractivity contribution is -0.107. The molecule has 0 radical (unpaired) electrons. The third kappa shape index (κ3) is 2.66. The van der Waals surface area contributed by atoms with E-state index in [1.54, 1.807) is 0 Å². The van der Waals surface area contributed by atoms with Gasteiger partial charge in [-0.3, -0.25) is 0 Å². The second-order valence-corrected chi connectivity index (χ2v) is 3.07. The van der Waals surface area contributed by atoms with E-state index < -0.39 is 11.8 Å². The van der Waals surface area contributed by atoms with Crippen LogP contribution in [0.4, 0.5) is 10.1 Å². The zero-order valence-electron chi connectivity index (χ0n) is 8.31. The molecular weight excluding hydrogens is 213 g/mol. The van der Waals surface area contributed by atoms with Crippen molar-refractivity contribution in [2.75, 3.05) is 5.73 Å². The maximum atomic E-state index is 13.1. The Kier molecular flexibility index (Phi) is 3.77. The molecule has 1 aromatic rings. The summed E-state index contributed by atoms with van der Waals surface area (Å²) in [7, 11) is 0. The minimum Gasteiger partial charge on any atom is -0.478 e. The summed E-state index contributed by atoms with van der Waals surface area (Å²) in [4.78, 5) is 20.8. The molecule has 0 spiro atoms. The number of hydrogen-bond acceptors (Lipinski definition) is 3. The Labute approximate surface area is 91.2 Å². The number of nitrogens with two attached hydrogens (primary N) is 1. The fourth-order valence-corrected chi connectivity index (χ4v) is 1.20. The van der Waals surface area contributed by atoms with Crippen molar-refractivity contribution in [3.63, 3.8) is 0 Å². The number of rotatable bonds is 4. The van der Waals surface area contributed by atoms with Gasteiger partial charge in [0.25, 0.3) is 0 Å². The van der Waals surface area contributed by atoms with Crippen LogP contribution in [0.3, 0.4) is 0 Å². The maximum Gasteiger partial charge on any atom is 0.337 e. The molecule has 0 fully saturated rings. The molecule has 84 valence electrons. The highest BCUT2D eigenvalue weighted by atomic mass is 19.1. The molecule has 4 nitrogen and oxygen atoms in total. The van der Waals surface area contributed by atoms with Crippen LogP contribution in [0, 0.1) is 5.82 Å². The highest BCUT2D eigenvalue weighted by Crippen LogP contribution is 2.21. The summed E-state index contributed by atoms with van der Waals surface area (Å²) in [6, 6.07) is 1.97. The lowest BCUT2D eigenvalue weighted by Crippen LogP contribution is -2.05. The molecule has 0 aliphatic carbocycles. The highest BCUT2D eigenvalue weighted by molar-refractivity contribution is 5.95. The van der Waals surface area contributed by atoms with Gasteiger partial charge in [-0.05, 0) is 12.1 Å². The van der Waals surface area contributed by atoms with Gasteiger partial charge in [-0.1, -0.05) is 12.2 Å². The van der Waals surface area contributed by atoms with E-state index in [1.165, 1.54) is 12.2 Å². The summed E-state index contributed by atoms with van der Waals surface area (Å²) in [6.45, 7) is 0. The van der Waals surface area contributed by atoms with Gasteiger partial charge in [0, 0.05) is 12.0 Å². The van der Waals surface area contributed by atoms with E-state index in [0.29, 0.717) is 6.29 Å². The summed E-state index contributed by atoms with van der Waals surface area (Å²) in [5, 5.41) is 8.76. The maximum absolute atomic E-state index is 13.1. The number of benzene rings is 1. The molecule has 0 saturated carbocycles. The molecule has 0 aliphatic rings. The zero-order valence-corrected chi connectivity index (χ0v) is 8.31. The van der Waals surface area contributed by atoms with Crippen molar-refractivity contribution in [3.05, 3.63) is 35.2 Å². The lowest BCUT2D eigenvalue weighted by atomic mass is 10.1. The topological polar surface area (TPSA) is 80.4 Å². The molecule has 3 N–H and O–H groups in total. The van der Waals surface area contributed by atoms with Gasteiger partial charge >= 0.3 is 5.97 Å². The molecule has 16 heavy (non-hydrogen) atoms. The van der Waals surface area contributed by atoms with Crippen molar-refractivity contribution in [2.24, 2.45) is 0 Å². The Hall–Kier alpha value is -2.17. The third-order valence-corrected chi connectivity index (χ3v) is 1.94. The molecule has 0 saturated heterocycles. The minimum atomic E-state index is -1.29. The van der Waals surface area contributed by atoms with E-state index >= 15 is 0 Å². The van der Waals surface area contributed by atoms with Crippen LogP contribution in [-0.4, -0.2) is 17.4 Å². The van der Waals surface area contributed by atoms with Crippen LogP contribution in [0.5, 0.6) is 0 Å². The number of carboxylic acids is 1. The van der Waals surface area contributed by atoms with Crippen LogP contribution in [0.2, 0.25) is 0 Å². The Morgan fingerprint density at radius 1 is 1.50 bits per heavy atom. The number of halogens is 1. The number of hydrogen-bond donors (Lipinski definition) is 2. The van der Waals surface area contributed by atoms with Crippen LogP contribution in [0.1, 0.15) is 22.3 Å². The van der Waals surface area contributed by atoms with Gasteiger partial charge in [-0.2, -0.15) is 0 Å². The van der Waals surface area contributed by atoms with Crippen LogP contribution in [-0.2, 0) is 4.79 Å². The Balaban J connectivity index is 3.18. The highest BCUT2D eigenvalue weighted by Gasteiger charge is 2.12. The van der Waals surface area contributed by atoms with Crippen molar-refractivity contribution < 1.29 is 19.1 Å². The van der Waals surface area contributed by atoms with Crippen molar-refractivity contribution in [1.82, 2.24) is 0 Å². The first kappa shape index (κ1) is 11.9. The average Bonchev–Trinajstić information content (AvgIpc) is 2.22. The van der Waals surface area contributed by atoms with E-state index in [0.717, 1.165) is 12.1 Å². The number of nitrogen functional groups attached to an aromatic ring is 1. The number of carboxylic acid groups (broad SMARTS) is 1. The molecule has 0 bridgehead atoms. The minimum absolute atomic E-state index is 0.0175. The van der Waals surface area contributed by atoms with Gasteiger partial charge < -0.3 is 15.6 Å². The van der Waals surface area contributed by atoms with Gasteiger partial charge in [0.05, 0.1) is 11.3 Å². The molecule has 0 amide bonds. The molecule has 5 heteroatoms. The second-order valence-electron chi connectivity index (χ2n) is 3.07. The Bertz CT molecular complexity index is 455. The summed E-state index contributed by atoms with van der Waals surface area (Å²) in [6.07, 6.45) is 3.73. The lowest BCUT2D eigenvalue weighted by Gasteiger charge is -2.05. The number of carbonyl (C=O) groups excluding carboxylic acids is 1. The fourth-order valence-electron chi connectivity index (χ4n) is 1.20. The largest absolute Gasteiger partial charge is 0.478 e. The van der Waals surface area contributed by atoms with Crippen LogP contribution in [0.15, 0.2) is 18.2 Å². The third-order valence-electron chi connectivity index (χ3n) is 1.94. The Morgan fingerprint density at radius 2 is 2.19 bits per heavy atom. The summed E-state index contributed by atoms with van der Waals surface area (Å²) in [5.41, 5.74) is 5.49. The van der Waals surface area contributed by atoms with E-state index in [-0.39, 0.29) is 23.2 Å². The molecule has 0 unspecified atom stereocenters.